The second kappa shape index (κ2) is 9.76. The van der Waals surface area contributed by atoms with Gasteiger partial charge in [0.25, 0.3) is 5.91 Å². The van der Waals surface area contributed by atoms with E-state index in [1.165, 1.54) is 5.56 Å². The van der Waals surface area contributed by atoms with Gasteiger partial charge in [0.15, 0.2) is 0 Å². The minimum absolute atomic E-state index is 0.213. The molecule has 6 heteroatoms. The van der Waals surface area contributed by atoms with Gasteiger partial charge in [-0.1, -0.05) is 35.9 Å². The van der Waals surface area contributed by atoms with Gasteiger partial charge in [0.2, 0.25) is 0 Å². The molecule has 1 amide bonds. The highest BCUT2D eigenvalue weighted by molar-refractivity contribution is 6.30. The van der Waals surface area contributed by atoms with Gasteiger partial charge in [0.1, 0.15) is 11.6 Å². The van der Waals surface area contributed by atoms with Crippen molar-refractivity contribution in [1.29, 1.82) is 0 Å². The number of aromatic nitrogens is 1. The standard InChI is InChI=1S/C22H22ClN3O2/c1-2-28-20-6-4-3-5-19(20)26-22(27)17-12-14-25-21(15-17)24-13-11-16-7-9-18(23)10-8-16/h3-10,12,14-15H,2,11,13H2,1H3,(H,24,25)(H,26,27). The Morgan fingerprint density at radius 3 is 2.68 bits per heavy atom. The first kappa shape index (κ1) is 19.7. The molecule has 3 aromatic rings. The van der Waals surface area contributed by atoms with Crippen LogP contribution in [0, 0.1) is 0 Å². The van der Waals surface area contributed by atoms with Crippen molar-refractivity contribution >= 4 is 29.0 Å². The number of hydrogen-bond acceptors (Lipinski definition) is 4. The number of amides is 1. The predicted octanol–water partition coefficient (Wildman–Crippen LogP) is 5.04. The van der Waals surface area contributed by atoms with Crippen LogP contribution >= 0.6 is 11.6 Å². The Hall–Kier alpha value is -3.05. The topological polar surface area (TPSA) is 63.2 Å². The van der Waals surface area contributed by atoms with Crippen LogP contribution in [0.3, 0.4) is 0 Å². The maximum atomic E-state index is 12.6. The normalized spacial score (nSPS) is 10.4. The van der Waals surface area contributed by atoms with E-state index in [9.17, 15) is 4.79 Å². The molecule has 0 aliphatic rings. The second-order valence-electron chi connectivity index (χ2n) is 6.12. The summed E-state index contributed by atoms with van der Waals surface area (Å²) in [5.41, 5.74) is 2.34. The average molecular weight is 396 g/mol. The zero-order chi connectivity index (χ0) is 19.8. The number of para-hydroxylation sites is 2. The van der Waals surface area contributed by atoms with Gasteiger partial charge in [0.05, 0.1) is 12.3 Å². The maximum absolute atomic E-state index is 12.6. The molecule has 2 N–H and O–H groups in total. The van der Waals surface area contributed by atoms with Crippen molar-refractivity contribution in [3.63, 3.8) is 0 Å². The summed E-state index contributed by atoms with van der Waals surface area (Å²) < 4.78 is 5.55. The first-order valence-electron chi connectivity index (χ1n) is 9.13. The molecule has 1 aromatic heterocycles. The van der Waals surface area contributed by atoms with Crippen LogP contribution in [0.25, 0.3) is 0 Å². The molecule has 2 aromatic carbocycles. The van der Waals surface area contributed by atoms with Crippen LogP contribution in [-0.4, -0.2) is 24.0 Å². The fourth-order valence-corrected chi connectivity index (χ4v) is 2.83. The number of carbonyl (C=O) groups excluding carboxylic acids is 1. The second-order valence-corrected chi connectivity index (χ2v) is 6.55. The monoisotopic (exact) mass is 395 g/mol. The Balaban J connectivity index is 1.61. The Kier molecular flexibility index (Phi) is 6.87. The zero-order valence-corrected chi connectivity index (χ0v) is 16.4. The number of benzene rings is 2. The number of carbonyl (C=O) groups is 1. The van der Waals surface area contributed by atoms with E-state index >= 15 is 0 Å². The molecule has 0 spiro atoms. The summed E-state index contributed by atoms with van der Waals surface area (Å²) in [6.45, 7) is 3.14. The number of nitrogens with zero attached hydrogens (tertiary/aromatic N) is 1. The van der Waals surface area contributed by atoms with Gasteiger partial charge in [-0.25, -0.2) is 4.98 Å². The lowest BCUT2D eigenvalue weighted by Gasteiger charge is -2.12. The maximum Gasteiger partial charge on any atom is 0.255 e. The van der Waals surface area contributed by atoms with E-state index in [2.05, 4.69) is 15.6 Å². The third kappa shape index (κ3) is 5.47. The number of halogens is 1. The average Bonchev–Trinajstić information content (AvgIpc) is 2.71. The van der Waals surface area contributed by atoms with E-state index in [0.29, 0.717) is 36.0 Å². The number of rotatable bonds is 8. The molecule has 0 atom stereocenters. The van der Waals surface area contributed by atoms with Crippen molar-refractivity contribution in [2.45, 2.75) is 13.3 Å². The van der Waals surface area contributed by atoms with Crippen molar-refractivity contribution in [3.8, 4) is 5.75 Å². The van der Waals surface area contributed by atoms with Gasteiger partial charge in [-0.3, -0.25) is 4.79 Å². The van der Waals surface area contributed by atoms with Crippen molar-refractivity contribution in [2.75, 3.05) is 23.8 Å². The lowest BCUT2D eigenvalue weighted by atomic mass is 10.1. The third-order valence-electron chi connectivity index (χ3n) is 4.09. The quantitative estimate of drug-likeness (QED) is 0.560. The molecule has 3 rings (SSSR count). The van der Waals surface area contributed by atoms with Crippen LogP contribution < -0.4 is 15.4 Å². The van der Waals surface area contributed by atoms with Crippen LogP contribution in [0.15, 0.2) is 66.9 Å². The molecule has 0 aliphatic heterocycles. The van der Waals surface area contributed by atoms with Crippen molar-refractivity contribution < 1.29 is 9.53 Å². The molecule has 0 radical (unpaired) electrons. The fourth-order valence-electron chi connectivity index (χ4n) is 2.70. The fraction of sp³-hybridized carbons (Fsp3) is 0.182. The first-order chi connectivity index (χ1) is 13.7. The number of pyridine rings is 1. The summed E-state index contributed by atoms with van der Waals surface area (Å²) in [7, 11) is 0. The molecule has 0 unspecified atom stereocenters. The van der Waals surface area contributed by atoms with E-state index < -0.39 is 0 Å². The van der Waals surface area contributed by atoms with Crippen molar-refractivity contribution in [2.24, 2.45) is 0 Å². The first-order valence-corrected chi connectivity index (χ1v) is 9.51. The van der Waals surface area contributed by atoms with E-state index in [4.69, 9.17) is 16.3 Å². The summed E-state index contributed by atoms with van der Waals surface area (Å²) in [5, 5.41) is 6.87. The Bertz CT molecular complexity index is 929. The summed E-state index contributed by atoms with van der Waals surface area (Å²) in [6, 6.07) is 18.5. The molecular formula is C22H22ClN3O2. The van der Waals surface area contributed by atoms with Crippen LogP contribution in [-0.2, 0) is 6.42 Å². The summed E-state index contributed by atoms with van der Waals surface area (Å²) in [4.78, 5) is 16.9. The van der Waals surface area contributed by atoms with E-state index in [1.54, 1.807) is 18.3 Å². The molecular weight excluding hydrogens is 374 g/mol. The molecule has 5 nitrogen and oxygen atoms in total. The van der Waals surface area contributed by atoms with Gasteiger partial charge in [0, 0.05) is 23.3 Å². The molecule has 0 aliphatic carbocycles. The Labute approximate surface area is 169 Å². The predicted molar refractivity (Wildman–Crippen MR) is 113 cm³/mol. The highest BCUT2D eigenvalue weighted by Crippen LogP contribution is 2.24. The summed E-state index contributed by atoms with van der Waals surface area (Å²) in [5.74, 6) is 1.09. The largest absolute Gasteiger partial charge is 0.492 e. The molecule has 144 valence electrons. The highest BCUT2D eigenvalue weighted by Gasteiger charge is 2.10. The molecule has 0 fully saturated rings. The van der Waals surface area contributed by atoms with Crippen LogP contribution in [0.1, 0.15) is 22.8 Å². The van der Waals surface area contributed by atoms with Gasteiger partial charge in [-0.05, 0) is 55.3 Å². The number of hydrogen-bond donors (Lipinski definition) is 2. The molecule has 0 saturated carbocycles. The Morgan fingerprint density at radius 2 is 1.89 bits per heavy atom. The number of nitrogens with one attached hydrogen (secondary N) is 2. The van der Waals surface area contributed by atoms with E-state index in [0.717, 1.165) is 11.4 Å². The van der Waals surface area contributed by atoms with Gasteiger partial charge >= 0.3 is 0 Å². The van der Waals surface area contributed by atoms with Gasteiger partial charge in [-0.2, -0.15) is 0 Å². The van der Waals surface area contributed by atoms with E-state index in [1.807, 2.05) is 55.5 Å². The highest BCUT2D eigenvalue weighted by atomic mass is 35.5. The SMILES string of the molecule is CCOc1ccccc1NC(=O)c1ccnc(NCCc2ccc(Cl)cc2)c1. The number of anilines is 2. The van der Waals surface area contributed by atoms with Crippen LogP contribution in [0.2, 0.25) is 5.02 Å². The lowest BCUT2D eigenvalue weighted by molar-refractivity contribution is 0.102. The molecule has 0 bridgehead atoms. The Morgan fingerprint density at radius 1 is 1.11 bits per heavy atom. The van der Waals surface area contributed by atoms with E-state index in [-0.39, 0.29) is 5.91 Å². The molecule has 1 heterocycles. The van der Waals surface area contributed by atoms with Gasteiger partial charge in [-0.15, -0.1) is 0 Å². The third-order valence-corrected chi connectivity index (χ3v) is 4.34. The molecule has 0 saturated heterocycles. The van der Waals surface area contributed by atoms with Gasteiger partial charge < -0.3 is 15.4 Å². The van der Waals surface area contributed by atoms with Crippen molar-refractivity contribution in [1.82, 2.24) is 4.98 Å². The minimum Gasteiger partial charge on any atom is -0.492 e. The lowest BCUT2D eigenvalue weighted by Crippen LogP contribution is -2.14. The smallest absolute Gasteiger partial charge is 0.255 e. The molecule has 28 heavy (non-hydrogen) atoms. The minimum atomic E-state index is -0.213. The number of ether oxygens (including phenoxy) is 1. The zero-order valence-electron chi connectivity index (χ0n) is 15.6. The summed E-state index contributed by atoms with van der Waals surface area (Å²) in [6.07, 6.45) is 2.45. The van der Waals surface area contributed by atoms with Crippen LogP contribution in [0.4, 0.5) is 11.5 Å². The van der Waals surface area contributed by atoms with Crippen molar-refractivity contribution in [3.05, 3.63) is 83.0 Å². The summed E-state index contributed by atoms with van der Waals surface area (Å²) >= 11 is 5.90. The van der Waals surface area contributed by atoms with Crippen LogP contribution in [0.5, 0.6) is 5.75 Å².